The molecule has 41 valence electrons. The zero-order valence-electron chi connectivity index (χ0n) is 4.68. The molecule has 0 amide bonds. The molecular weight excluding hydrogens is 88.1 g/mol. The van der Waals surface area contributed by atoms with E-state index in [2.05, 4.69) is 6.42 Å². The van der Waals surface area contributed by atoms with Gasteiger partial charge in [0.2, 0.25) is 0 Å². The lowest BCUT2D eigenvalue weighted by Crippen LogP contribution is -2.02. The van der Waals surface area contributed by atoms with E-state index in [1.807, 2.05) is 0 Å². The average Bonchev–Trinajstić information content (AvgIpc) is 2.14. The third kappa shape index (κ3) is 1.16. The Morgan fingerprint density at radius 1 is 1.71 bits per heavy atom. The molecule has 0 aromatic rings. The molecule has 1 unspecified atom stereocenters. The molecule has 1 atom stereocenters. The van der Waals surface area contributed by atoms with E-state index in [9.17, 15) is 0 Å². The molecule has 1 aliphatic rings. The van der Waals surface area contributed by atoms with Gasteiger partial charge in [-0.2, -0.15) is 0 Å². The van der Waals surface area contributed by atoms with Gasteiger partial charge in [-0.05, 0) is 19.3 Å². The topological polar surface area (TPSA) is 9.23 Å². The first-order chi connectivity index (χ1) is 3.43. The zero-order valence-corrected chi connectivity index (χ0v) is 4.68. The van der Waals surface area contributed by atoms with E-state index in [0.717, 1.165) is 0 Å². The monoisotopic (exact) mass is 99.1 g/mol. The minimum Gasteiger partial charge on any atom is -0.381 e. The highest BCUT2D eigenvalue weighted by atomic mass is 16.5. The van der Waals surface area contributed by atoms with Crippen LogP contribution in [0.2, 0.25) is 0 Å². The molecule has 0 N–H and O–H groups in total. The van der Waals surface area contributed by atoms with E-state index >= 15 is 0 Å². The highest BCUT2D eigenvalue weighted by molar-refractivity contribution is 4.83. The fourth-order valence-corrected chi connectivity index (χ4v) is 0.955. The van der Waals surface area contributed by atoms with Crippen LogP contribution in [0.4, 0.5) is 0 Å². The van der Waals surface area contributed by atoms with E-state index in [4.69, 9.17) is 4.74 Å². The molecular formula is C6H11O. The summed E-state index contributed by atoms with van der Waals surface area (Å²) in [6, 6.07) is 0. The predicted molar refractivity (Wildman–Crippen MR) is 28.9 cm³/mol. The van der Waals surface area contributed by atoms with Crippen LogP contribution in [0.15, 0.2) is 0 Å². The molecule has 1 fully saturated rings. The summed E-state index contributed by atoms with van der Waals surface area (Å²) in [4.78, 5) is 0. The summed E-state index contributed by atoms with van der Waals surface area (Å²) in [5, 5.41) is 0. The molecule has 1 nitrogen and oxygen atoms in total. The van der Waals surface area contributed by atoms with Gasteiger partial charge < -0.3 is 4.74 Å². The van der Waals surface area contributed by atoms with E-state index in [0.29, 0.717) is 6.10 Å². The molecule has 1 rings (SSSR count). The molecule has 0 spiro atoms. The van der Waals surface area contributed by atoms with Crippen molar-refractivity contribution in [2.24, 2.45) is 0 Å². The number of hydrogen-bond acceptors (Lipinski definition) is 1. The van der Waals surface area contributed by atoms with Crippen LogP contribution < -0.4 is 0 Å². The number of rotatable bonds is 1. The van der Waals surface area contributed by atoms with Gasteiger partial charge in [-0.25, -0.2) is 0 Å². The molecule has 0 aromatic heterocycles. The lowest BCUT2D eigenvalue weighted by atomic mass is 10.3. The summed E-state index contributed by atoms with van der Waals surface area (Å²) < 4.78 is 5.06. The molecule has 0 saturated heterocycles. The largest absolute Gasteiger partial charge is 0.381 e. The molecule has 1 saturated carbocycles. The van der Waals surface area contributed by atoms with Crippen LogP contribution in [-0.4, -0.2) is 13.2 Å². The summed E-state index contributed by atoms with van der Waals surface area (Å²) in [5.41, 5.74) is 0. The summed E-state index contributed by atoms with van der Waals surface area (Å²) in [6.45, 7) is 0. The number of ether oxygens (including phenoxy) is 1. The van der Waals surface area contributed by atoms with Gasteiger partial charge in [0.05, 0.1) is 6.10 Å². The number of methoxy groups -OCH3 is 1. The lowest BCUT2D eigenvalue weighted by Gasteiger charge is -2.01. The Labute approximate surface area is 44.7 Å². The molecule has 0 aromatic carbocycles. The first kappa shape index (κ1) is 5.10. The SMILES string of the molecule is COC1[CH]CCC1. The minimum atomic E-state index is 0.472. The van der Waals surface area contributed by atoms with Crippen LogP contribution in [0, 0.1) is 6.42 Å². The molecule has 1 radical (unpaired) electrons. The molecule has 7 heavy (non-hydrogen) atoms. The second kappa shape index (κ2) is 2.31. The Hall–Kier alpha value is -0.0400. The fraction of sp³-hybridized carbons (Fsp3) is 0.833. The summed E-state index contributed by atoms with van der Waals surface area (Å²) in [5.74, 6) is 0. The smallest absolute Gasteiger partial charge is 0.0603 e. The van der Waals surface area contributed by atoms with Crippen molar-refractivity contribution in [1.29, 1.82) is 0 Å². The first-order valence-corrected chi connectivity index (χ1v) is 2.79. The van der Waals surface area contributed by atoms with Crippen LogP contribution in [0.1, 0.15) is 19.3 Å². The van der Waals surface area contributed by atoms with Crippen molar-refractivity contribution in [1.82, 2.24) is 0 Å². The van der Waals surface area contributed by atoms with Gasteiger partial charge in [0.15, 0.2) is 0 Å². The third-order valence-corrected chi connectivity index (χ3v) is 1.43. The quantitative estimate of drug-likeness (QED) is 0.482. The van der Waals surface area contributed by atoms with Gasteiger partial charge in [-0.3, -0.25) is 0 Å². The minimum absolute atomic E-state index is 0.472. The van der Waals surface area contributed by atoms with E-state index in [-0.39, 0.29) is 0 Å². The maximum atomic E-state index is 5.06. The summed E-state index contributed by atoms with van der Waals surface area (Å²) in [7, 11) is 1.77. The zero-order chi connectivity index (χ0) is 5.11. The van der Waals surface area contributed by atoms with Gasteiger partial charge in [-0.15, -0.1) is 0 Å². The van der Waals surface area contributed by atoms with Crippen molar-refractivity contribution in [3.63, 3.8) is 0 Å². The van der Waals surface area contributed by atoms with Gasteiger partial charge in [0.25, 0.3) is 0 Å². The van der Waals surface area contributed by atoms with Crippen LogP contribution >= 0.6 is 0 Å². The van der Waals surface area contributed by atoms with Crippen molar-refractivity contribution in [3.8, 4) is 0 Å². The molecule has 0 heterocycles. The van der Waals surface area contributed by atoms with Crippen molar-refractivity contribution >= 4 is 0 Å². The van der Waals surface area contributed by atoms with E-state index < -0.39 is 0 Å². The highest BCUT2D eigenvalue weighted by Crippen LogP contribution is 2.18. The Kier molecular flexibility index (Phi) is 1.69. The summed E-state index contributed by atoms with van der Waals surface area (Å²) >= 11 is 0. The first-order valence-electron chi connectivity index (χ1n) is 2.79. The Bertz CT molecular complexity index is 46.1. The van der Waals surface area contributed by atoms with Crippen molar-refractivity contribution < 1.29 is 4.74 Å². The van der Waals surface area contributed by atoms with Gasteiger partial charge in [-0.1, -0.05) is 6.42 Å². The van der Waals surface area contributed by atoms with Gasteiger partial charge >= 0.3 is 0 Å². The standard InChI is InChI=1S/C6H11O/c1-7-6-4-2-3-5-6/h4,6H,2-3,5H2,1H3. The highest BCUT2D eigenvalue weighted by Gasteiger charge is 2.12. The second-order valence-corrected chi connectivity index (χ2v) is 1.94. The Morgan fingerprint density at radius 3 is 2.86 bits per heavy atom. The predicted octanol–water partition coefficient (Wildman–Crippen LogP) is 1.39. The molecule has 1 aliphatic carbocycles. The molecule has 0 bridgehead atoms. The van der Waals surface area contributed by atoms with Crippen molar-refractivity contribution in [2.75, 3.05) is 7.11 Å². The van der Waals surface area contributed by atoms with Crippen LogP contribution in [0.3, 0.4) is 0 Å². The average molecular weight is 99.2 g/mol. The van der Waals surface area contributed by atoms with Crippen LogP contribution in [-0.2, 0) is 4.74 Å². The number of hydrogen-bond donors (Lipinski definition) is 0. The van der Waals surface area contributed by atoms with Crippen LogP contribution in [0.25, 0.3) is 0 Å². The van der Waals surface area contributed by atoms with Crippen molar-refractivity contribution in [3.05, 3.63) is 6.42 Å². The maximum absolute atomic E-state index is 5.06. The van der Waals surface area contributed by atoms with E-state index in [1.54, 1.807) is 7.11 Å². The fourth-order valence-electron chi connectivity index (χ4n) is 0.955. The Balaban J connectivity index is 2.14. The van der Waals surface area contributed by atoms with Crippen molar-refractivity contribution in [2.45, 2.75) is 25.4 Å². The normalized spacial score (nSPS) is 23.6. The van der Waals surface area contributed by atoms with Crippen LogP contribution in [0.5, 0.6) is 0 Å². The summed E-state index contributed by atoms with van der Waals surface area (Å²) in [6.07, 6.45) is 6.51. The van der Waals surface area contributed by atoms with Gasteiger partial charge in [0, 0.05) is 7.11 Å². The van der Waals surface area contributed by atoms with Gasteiger partial charge in [0.1, 0.15) is 0 Å². The Morgan fingerprint density at radius 2 is 2.57 bits per heavy atom. The molecule has 0 aliphatic heterocycles. The maximum Gasteiger partial charge on any atom is 0.0603 e. The molecule has 1 heteroatoms. The second-order valence-electron chi connectivity index (χ2n) is 1.94. The van der Waals surface area contributed by atoms with E-state index in [1.165, 1.54) is 19.3 Å². The lowest BCUT2D eigenvalue weighted by molar-refractivity contribution is 0.134. The third-order valence-electron chi connectivity index (χ3n) is 1.43.